The standard InChI is InChI=1S/C12H14N2OS/c13-8-9(10-4-1-2-6-14-10)12(15)11-5-3-7-16-11/h1-7,9,12,15H,8,13H2. The molecule has 2 aromatic rings. The van der Waals surface area contributed by atoms with E-state index in [-0.39, 0.29) is 5.92 Å². The molecule has 0 aliphatic rings. The van der Waals surface area contributed by atoms with Crippen LogP contribution in [0.25, 0.3) is 0 Å². The molecule has 3 nitrogen and oxygen atoms in total. The first kappa shape index (κ1) is 11.3. The highest BCUT2D eigenvalue weighted by Crippen LogP contribution is 2.31. The van der Waals surface area contributed by atoms with E-state index in [4.69, 9.17) is 5.73 Å². The smallest absolute Gasteiger partial charge is 0.0977 e. The third kappa shape index (κ3) is 2.29. The number of aliphatic hydroxyl groups is 1. The molecule has 16 heavy (non-hydrogen) atoms. The van der Waals surface area contributed by atoms with Gasteiger partial charge >= 0.3 is 0 Å². The third-order valence-electron chi connectivity index (χ3n) is 2.54. The fourth-order valence-electron chi connectivity index (χ4n) is 1.66. The van der Waals surface area contributed by atoms with Crippen LogP contribution < -0.4 is 5.73 Å². The molecule has 0 bridgehead atoms. The Bertz CT molecular complexity index is 416. The van der Waals surface area contributed by atoms with E-state index < -0.39 is 6.10 Å². The summed E-state index contributed by atoms with van der Waals surface area (Å²) in [6, 6.07) is 9.51. The van der Waals surface area contributed by atoms with E-state index in [0.717, 1.165) is 10.6 Å². The fraction of sp³-hybridized carbons (Fsp3) is 0.250. The lowest BCUT2D eigenvalue weighted by atomic mass is 9.97. The zero-order valence-corrected chi connectivity index (χ0v) is 9.60. The van der Waals surface area contributed by atoms with Crippen LogP contribution in [0.2, 0.25) is 0 Å². The van der Waals surface area contributed by atoms with E-state index in [2.05, 4.69) is 4.98 Å². The largest absolute Gasteiger partial charge is 0.387 e. The molecule has 2 unspecified atom stereocenters. The summed E-state index contributed by atoms with van der Waals surface area (Å²) in [5.74, 6) is -0.139. The molecule has 0 fully saturated rings. The van der Waals surface area contributed by atoms with Crippen LogP contribution in [0.3, 0.4) is 0 Å². The lowest BCUT2D eigenvalue weighted by Crippen LogP contribution is -2.20. The van der Waals surface area contributed by atoms with Crippen molar-refractivity contribution >= 4 is 11.3 Å². The molecule has 84 valence electrons. The van der Waals surface area contributed by atoms with Gasteiger partial charge in [0.1, 0.15) is 0 Å². The molecule has 2 aromatic heterocycles. The second-order valence-electron chi connectivity index (χ2n) is 3.56. The lowest BCUT2D eigenvalue weighted by molar-refractivity contribution is 0.149. The van der Waals surface area contributed by atoms with Crippen molar-refractivity contribution in [3.63, 3.8) is 0 Å². The number of pyridine rings is 1. The van der Waals surface area contributed by atoms with Crippen molar-refractivity contribution in [1.82, 2.24) is 4.98 Å². The van der Waals surface area contributed by atoms with Gasteiger partial charge in [-0.3, -0.25) is 4.98 Å². The normalized spacial score (nSPS) is 14.6. The Kier molecular flexibility index (Phi) is 3.66. The Hall–Kier alpha value is -1.23. The quantitative estimate of drug-likeness (QED) is 0.849. The number of rotatable bonds is 4. The molecule has 0 aromatic carbocycles. The summed E-state index contributed by atoms with van der Waals surface area (Å²) in [5.41, 5.74) is 6.56. The fourth-order valence-corrected chi connectivity index (χ4v) is 2.44. The van der Waals surface area contributed by atoms with Gasteiger partial charge in [0, 0.05) is 29.2 Å². The van der Waals surface area contributed by atoms with E-state index >= 15 is 0 Å². The van der Waals surface area contributed by atoms with E-state index in [9.17, 15) is 5.11 Å². The maximum atomic E-state index is 10.2. The number of aliphatic hydroxyl groups excluding tert-OH is 1. The summed E-state index contributed by atoms with van der Waals surface area (Å²) in [5, 5.41) is 12.2. The van der Waals surface area contributed by atoms with Gasteiger partial charge in [-0.05, 0) is 23.6 Å². The van der Waals surface area contributed by atoms with Gasteiger partial charge in [0.25, 0.3) is 0 Å². The Balaban J connectivity index is 2.23. The molecule has 0 saturated carbocycles. The Morgan fingerprint density at radius 2 is 2.19 bits per heavy atom. The van der Waals surface area contributed by atoms with Gasteiger partial charge in [-0.1, -0.05) is 12.1 Å². The number of nitrogens with two attached hydrogens (primary N) is 1. The molecular weight excluding hydrogens is 220 g/mol. The molecule has 3 N–H and O–H groups in total. The Morgan fingerprint density at radius 1 is 1.31 bits per heavy atom. The van der Waals surface area contributed by atoms with E-state index in [1.165, 1.54) is 11.3 Å². The van der Waals surface area contributed by atoms with Crippen molar-refractivity contribution in [1.29, 1.82) is 0 Å². The number of aromatic nitrogens is 1. The van der Waals surface area contributed by atoms with Crippen molar-refractivity contribution in [2.24, 2.45) is 5.73 Å². The second kappa shape index (κ2) is 5.21. The predicted molar refractivity (Wildman–Crippen MR) is 65.3 cm³/mol. The average Bonchev–Trinajstić information content (AvgIpc) is 2.85. The molecule has 0 amide bonds. The first-order valence-corrected chi connectivity index (χ1v) is 6.03. The average molecular weight is 234 g/mol. The van der Waals surface area contributed by atoms with Gasteiger partial charge < -0.3 is 10.8 Å². The second-order valence-corrected chi connectivity index (χ2v) is 4.54. The zero-order valence-electron chi connectivity index (χ0n) is 8.78. The maximum Gasteiger partial charge on any atom is 0.0977 e. The van der Waals surface area contributed by atoms with Crippen LogP contribution in [0.15, 0.2) is 41.9 Å². The SMILES string of the molecule is NCC(c1ccccn1)C(O)c1cccs1. The number of hydrogen-bond donors (Lipinski definition) is 2. The van der Waals surface area contributed by atoms with Gasteiger partial charge in [0.15, 0.2) is 0 Å². The van der Waals surface area contributed by atoms with E-state index in [1.807, 2.05) is 35.7 Å². The first-order chi connectivity index (χ1) is 7.83. The zero-order chi connectivity index (χ0) is 11.4. The molecule has 0 aliphatic heterocycles. The van der Waals surface area contributed by atoms with Crippen molar-refractivity contribution in [2.75, 3.05) is 6.54 Å². The predicted octanol–water partition coefficient (Wildman–Crippen LogP) is 1.92. The summed E-state index contributed by atoms with van der Waals surface area (Å²) in [6.45, 7) is 0.385. The van der Waals surface area contributed by atoms with Crippen LogP contribution in [0.1, 0.15) is 22.6 Å². The monoisotopic (exact) mass is 234 g/mol. The van der Waals surface area contributed by atoms with Crippen LogP contribution in [-0.2, 0) is 0 Å². The molecule has 2 atom stereocenters. The van der Waals surface area contributed by atoms with Crippen LogP contribution in [0.5, 0.6) is 0 Å². The first-order valence-electron chi connectivity index (χ1n) is 5.15. The molecule has 0 saturated heterocycles. The summed E-state index contributed by atoms with van der Waals surface area (Å²) in [6.07, 6.45) is 1.15. The van der Waals surface area contributed by atoms with E-state index in [0.29, 0.717) is 6.54 Å². The van der Waals surface area contributed by atoms with Gasteiger partial charge in [-0.2, -0.15) is 0 Å². The van der Waals surface area contributed by atoms with Crippen molar-refractivity contribution < 1.29 is 5.11 Å². The van der Waals surface area contributed by atoms with Crippen LogP contribution in [0.4, 0.5) is 0 Å². The van der Waals surface area contributed by atoms with Crippen LogP contribution in [0, 0.1) is 0 Å². The van der Waals surface area contributed by atoms with Gasteiger partial charge in [-0.15, -0.1) is 11.3 Å². The minimum Gasteiger partial charge on any atom is -0.387 e. The lowest BCUT2D eigenvalue weighted by Gasteiger charge is -2.19. The highest BCUT2D eigenvalue weighted by molar-refractivity contribution is 7.10. The molecule has 0 spiro atoms. The maximum absolute atomic E-state index is 10.2. The van der Waals surface area contributed by atoms with Crippen molar-refractivity contribution in [2.45, 2.75) is 12.0 Å². The highest BCUT2D eigenvalue weighted by atomic mass is 32.1. The van der Waals surface area contributed by atoms with E-state index in [1.54, 1.807) is 6.20 Å². The molecule has 2 heterocycles. The Morgan fingerprint density at radius 3 is 2.75 bits per heavy atom. The molecule has 0 aliphatic carbocycles. The minimum absolute atomic E-state index is 0.139. The summed E-state index contributed by atoms with van der Waals surface area (Å²) in [7, 11) is 0. The highest BCUT2D eigenvalue weighted by Gasteiger charge is 2.22. The molecular formula is C12H14N2OS. The molecule has 4 heteroatoms. The number of thiophene rings is 1. The van der Waals surface area contributed by atoms with Crippen LogP contribution >= 0.6 is 11.3 Å². The molecule has 0 radical (unpaired) electrons. The topological polar surface area (TPSA) is 59.1 Å². The summed E-state index contributed by atoms with van der Waals surface area (Å²) >= 11 is 1.54. The van der Waals surface area contributed by atoms with Crippen molar-refractivity contribution in [3.05, 3.63) is 52.5 Å². The van der Waals surface area contributed by atoms with Gasteiger partial charge in [0.05, 0.1) is 6.10 Å². The van der Waals surface area contributed by atoms with Gasteiger partial charge in [-0.25, -0.2) is 0 Å². The van der Waals surface area contributed by atoms with Crippen molar-refractivity contribution in [3.8, 4) is 0 Å². The van der Waals surface area contributed by atoms with Crippen LogP contribution in [-0.4, -0.2) is 16.6 Å². The summed E-state index contributed by atoms with van der Waals surface area (Å²) < 4.78 is 0. The number of nitrogens with zero attached hydrogens (tertiary/aromatic N) is 1. The third-order valence-corrected chi connectivity index (χ3v) is 3.48. The van der Waals surface area contributed by atoms with Gasteiger partial charge in [0.2, 0.25) is 0 Å². The summed E-state index contributed by atoms with van der Waals surface area (Å²) in [4.78, 5) is 5.18. The minimum atomic E-state index is -0.570. The number of hydrogen-bond acceptors (Lipinski definition) is 4. The Labute approximate surface area is 98.6 Å². The molecule has 2 rings (SSSR count).